The number of morpholine rings is 1. The molecule has 0 bridgehead atoms. The lowest BCUT2D eigenvalue weighted by Crippen LogP contribution is -2.46. The van der Waals surface area contributed by atoms with Gasteiger partial charge in [0.1, 0.15) is 5.82 Å². The van der Waals surface area contributed by atoms with Gasteiger partial charge in [0, 0.05) is 25.6 Å². The van der Waals surface area contributed by atoms with Gasteiger partial charge in [0.05, 0.1) is 31.3 Å². The molecule has 5 rings (SSSR count). The van der Waals surface area contributed by atoms with Gasteiger partial charge in [-0.2, -0.15) is 0 Å². The van der Waals surface area contributed by atoms with Crippen LogP contribution in [-0.4, -0.2) is 54.4 Å². The molecule has 1 aliphatic carbocycles. The summed E-state index contributed by atoms with van der Waals surface area (Å²) < 4.78 is 26.2. The van der Waals surface area contributed by atoms with Crippen LogP contribution in [0.3, 0.4) is 0 Å². The first-order valence-electron chi connectivity index (χ1n) is 10.6. The number of rotatable bonds is 4. The van der Waals surface area contributed by atoms with Crippen molar-refractivity contribution in [3.8, 4) is 0 Å². The number of hydrogen-bond donors (Lipinski definition) is 1. The third-order valence-corrected chi connectivity index (χ3v) is 6.56. The first kappa shape index (κ1) is 19.7. The average molecular weight is 411 g/mol. The van der Waals surface area contributed by atoms with E-state index in [1.165, 1.54) is 17.2 Å². The predicted octanol–water partition coefficient (Wildman–Crippen LogP) is 3.52. The fourth-order valence-electron chi connectivity index (χ4n) is 5.27. The molecule has 3 aliphatic rings. The van der Waals surface area contributed by atoms with E-state index >= 15 is 0 Å². The van der Waals surface area contributed by atoms with Gasteiger partial charge in [-0.1, -0.05) is 30.3 Å². The maximum atomic E-state index is 14.1. The zero-order valence-corrected chi connectivity index (χ0v) is 16.8. The van der Waals surface area contributed by atoms with Gasteiger partial charge in [0.2, 0.25) is 0 Å². The lowest BCUT2D eigenvalue weighted by atomic mass is 9.87. The number of aliphatic carboxylic acids is 1. The van der Waals surface area contributed by atoms with Gasteiger partial charge in [-0.3, -0.25) is 9.69 Å². The highest BCUT2D eigenvalue weighted by molar-refractivity contribution is 5.67. The SMILES string of the molecule is O=C(O)CC1CN(C[C@H]2C[C@@H]3c4ccccc4Cc4ccc(F)cc4[C@@H]3O2)CCO1. The van der Waals surface area contributed by atoms with E-state index in [1.54, 1.807) is 6.07 Å². The molecular weight excluding hydrogens is 385 g/mol. The van der Waals surface area contributed by atoms with Crippen molar-refractivity contribution in [1.29, 1.82) is 0 Å². The summed E-state index contributed by atoms with van der Waals surface area (Å²) in [4.78, 5) is 13.3. The fraction of sp³-hybridized carbons (Fsp3) is 0.458. The number of nitrogens with zero attached hydrogens (tertiary/aromatic N) is 1. The zero-order valence-electron chi connectivity index (χ0n) is 16.8. The van der Waals surface area contributed by atoms with Crippen LogP contribution in [0.25, 0.3) is 0 Å². The summed E-state index contributed by atoms with van der Waals surface area (Å²) in [5, 5.41) is 9.06. The Morgan fingerprint density at radius 1 is 1.13 bits per heavy atom. The molecule has 0 spiro atoms. The minimum absolute atomic E-state index is 0.0193. The molecule has 2 fully saturated rings. The lowest BCUT2D eigenvalue weighted by Gasteiger charge is -2.33. The van der Waals surface area contributed by atoms with E-state index in [-0.39, 0.29) is 36.5 Å². The van der Waals surface area contributed by atoms with Gasteiger partial charge < -0.3 is 14.6 Å². The number of fused-ring (bicyclic) bond motifs is 5. The van der Waals surface area contributed by atoms with Gasteiger partial charge in [-0.15, -0.1) is 0 Å². The standard InChI is InChI=1S/C24H26FNO4/c25-17-6-5-16-9-15-3-1-2-4-20(15)22-11-19(30-24(22)21(16)10-17)14-26-7-8-29-18(13-26)12-23(27)28/h1-6,10,18-19,22,24H,7-9,11-14H2,(H,27,28)/t18?,19-,22-,24+/m1/s1. The van der Waals surface area contributed by atoms with Crippen molar-refractivity contribution >= 4 is 5.97 Å². The summed E-state index contributed by atoms with van der Waals surface area (Å²) >= 11 is 0. The molecule has 2 aliphatic heterocycles. The molecule has 2 aromatic carbocycles. The second-order valence-corrected chi connectivity index (χ2v) is 8.59. The molecule has 30 heavy (non-hydrogen) atoms. The highest BCUT2D eigenvalue weighted by Crippen LogP contribution is 2.49. The summed E-state index contributed by atoms with van der Waals surface area (Å²) in [6.07, 6.45) is 1.28. The smallest absolute Gasteiger partial charge is 0.306 e. The molecule has 0 radical (unpaired) electrons. The summed E-state index contributed by atoms with van der Waals surface area (Å²) in [7, 11) is 0. The first-order valence-corrected chi connectivity index (χ1v) is 10.6. The maximum Gasteiger partial charge on any atom is 0.306 e. The van der Waals surface area contributed by atoms with Crippen LogP contribution in [0.15, 0.2) is 42.5 Å². The van der Waals surface area contributed by atoms with Crippen molar-refractivity contribution in [2.24, 2.45) is 0 Å². The Morgan fingerprint density at radius 3 is 2.83 bits per heavy atom. The molecule has 158 valence electrons. The molecule has 5 nitrogen and oxygen atoms in total. The maximum absolute atomic E-state index is 14.1. The quantitative estimate of drug-likeness (QED) is 0.834. The van der Waals surface area contributed by atoms with Crippen LogP contribution < -0.4 is 0 Å². The number of ether oxygens (including phenoxy) is 2. The minimum Gasteiger partial charge on any atom is -0.481 e. The van der Waals surface area contributed by atoms with E-state index < -0.39 is 5.97 Å². The van der Waals surface area contributed by atoms with Gasteiger partial charge in [-0.05, 0) is 47.2 Å². The Bertz CT molecular complexity index is 949. The predicted molar refractivity (Wildman–Crippen MR) is 109 cm³/mol. The van der Waals surface area contributed by atoms with E-state index in [4.69, 9.17) is 14.6 Å². The van der Waals surface area contributed by atoms with Gasteiger partial charge in [-0.25, -0.2) is 4.39 Å². The summed E-state index contributed by atoms with van der Waals surface area (Å²) in [6, 6.07) is 13.5. The van der Waals surface area contributed by atoms with Crippen LogP contribution in [0, 0.1) is 5.82 Å². The van der Waals surface area contributed by atoms with Crippen LogP contribution in [0.4, 0.5) is 4.39 Å². The zero-order chi connectivity index (χ0) is 20.7. The molecule has 4 atom stereocenters. The van der Waals surface area contributed by atoms with Crippen LogP contribution in [0.1, 0.15) is 47.1 Å². The second-order valence-electron chi connectivity index (χ2n) is 8.59. The monoisotopic (exact) mass is 411 g/mol. The van der Waals surface area contributed by atoms with Crippen LogP contribution in [0.2, 0.25) is 0 Å². The Balaban J connectivity index is 1.38. The van der Waals surface area contributed by atoms with E-state index in [0.717, 1.165) is 37.1 Å². The van der Waals surface area contributed by atoms with Crippen LogP contribution in [-0.2, 0) is 20.7 Å². The molecule has 2 saturated heterocycles. The number of halogens is 1. The Labute approximate surface area is 175 Å². The van der Waals surface area contributed by atoms with Crippen LogP contribution >= 0.6 is 0 Å². The largest absolute Gasteiger partial charge is 0.481 e. The van der Waals surface area contributed by atoms with E-state index in [2.05, 4.69) is 29.2 Å². The average Bonchev–Trinajstić information content (AvgIpc) is 3.08. The summed E-state index contributed by atoms with van der Waals surface area (Å²) in [6.45, 7) is 2.64. The van der Waals surface area contributed by atoms with E-state index in [9.17, 15) is 9.18 Å². The molecule has 1 unspecified atom stereocenters. The van der Waals surface area contributed by atoms with E-state index in [1.807, 2.05) is 6.07 Å². The Hall–Kier alpha value is -2.28. The lowest BCUT2D eigenvalue weighted by molar-refractivity contribution is -0.142. The molecule has 6 heteroatoms. The molecule has 2 aromatic rings. The molecule has 0 saturated carbocycles. The van der Waals surface area contributed by atoms with Crippen molar-refractivity contribution in [1.82, 2.24) is 4.90 Å². The normalized spacial score (nSPS) is 28.3. The highest BCUT2D eigenvalue weighted by atomic mass is 19.1. The molecule has 0 aromatic heterocycles. The number of hydrogen-bond acceptors (Lipinski definition) is 4. The Morgan fingerprint density at radius 2 is 1.97 bits per heavy atom. The number of benzene rings is 2. The van der Waals surface area contributed by atoms with Crippen LogP contribution in [0.5, 0.6) is 0 Å². The first-order chi connectivity index (χ1) is 14.6. The topological polar surface area (TPSA) is 59.0 Å². The van der Waals surface area contributed by atoms with Crippen molar-refractivity contribution in [2.45, 2.75) is 43.5 Å². The number of carboxylic acids is 1. The summed E-state index contributed by atoms with van der Waals surface area (Å²) in [5.41, 5.74) is 4.68. The van der Waals surface area contributed by atoms with Gasteiger partial charge >= 0.3 is 5.97 Å². The van der Waals surface area contributed by atoms with E-state index in [0.29, 0.717) is 13.2 Å². The van der Waals surface area contributed by atoms with Crippen molar-refractivity contribution in [3.63, 3.8) is 0 Å². The molecule has 2 heterocycles. The third-order valence-electron chi connectivity index (χ3n) is 6.56. The molecule has 1 N–H and O–H groups in total. The highest BCUT2D eigenvalue weighted by Gasteiger charge is 2.41. The number of carboxylic acid groups (broad SMARTS) is 1. The van der Waals surface area contributed by atoms with Gasteiger partial charge in [0.15, 0.2) is 0 Å². The third kappa shape index (κ3) is 3.87. The summed E-state index contributed by atoms with van der Waals surface area (Å²) in [5.74, 6) is -0.864. The minimum atomic E-state index is -0.837. The Kier molecular flexibility index (Phi) is 5.31. The second kappa shape index (κ2) is 8.10. The molecular formula is C24H26FNO4. The fourth-order valence-corrected chi connectivity index (χ4v) is 5.27. The van der Waals surface area contributed by atoms with Gasteiger partial charge in [0.25, 0.3) is 0 Å². The van der Waals surface area contributed by atoms with Crippen molar-refractivity contribution in [2.75, 3.05) is 26.2 Å². The number of carbonyl (C=O) groups is 1. The van der Waals surface area contributed by atoms with Crippen molar-refractivity contribution in [3.05, 3.63) is 70.5 Å². The van der Waals surface area contributed by atoms with Crippen molar-refractivity contribution < 1.29 is 23.8 Å². The molecule has 0 amide bonds.